The second-order valence-electron chi connectivity index (χ2n) is 7.98. The molecule has 3 heteroatoms. The number of hydrogen-bond acceptors (Lipinski definition) is 3. The molecule has 0 unspecified atom stereocenters. The number of likely N-dealkylation sites (N-methyl/N-ethyl adjacent to an activating group) is 1. The Bertz CT molecular complexity index is 711. The summed E-state index contributed by atoms with van der Waals surface area (Å²) in [4.78, 5) is 2.45. The minimum Gasteiger partial charge on any atom is -0.454 e. The molecule has 28 heavy (non-hydrogen) atoms. The standard InChI is InChI=1S/C25H37NO2/c1-6-26(18-23-13-14-24-25(17-23)28-19-27-24)16-15-22(5)12-8-11-21(4)10-7-9-20(2)3/h9,11,13-15,17H,6-8,10,12,16,18-19H2,1-5H3/b21-11+,22-15+. The van der Waals surface area contributed by atoms with Crippen LogP contribution >= 0.6 is 0 Å². The lowest BCUT2D eigenvalue weighted by Gasteiger charge is -2.19. The van der Waals surface area contributed by atoms with Gasteiger partial charge in [-0.05, 0) is 77.6 Å². The fourth-order valence-corrected chi connectivity index (χ4v) is 3.23. The van der Waals surface area contributed by atoms with Crippen molar-refractivity contribution in [3.8, 4) is 11.5 Å². The molecule has 0 saturated carbocycles. The number of ether oxygens (including phenoxy) is 2. The molecule has 0 amide bonds. The SMILES string of the molecule is CCN(C/C=C(\C)CC/C=C(\C)CCC=C(C)C)Cc1ccc2c(c1)OCO2. The fraction of sp³-hybridized carbons (Fsp3) is 0.520. The van der Waals surface area contributed by atoms with Crippen LogP contribution in [-0.4, -0.2) is 24.8 Å². The van der Waals surface area contributed by atoms with Crippen LogP contribution < -0.4 is 9.47 Å². The van der Waals surface area contributed by atoms with Crippen LogP contribution in [0.5, 0.6) is 11.5 Å². The molecule has 0 N–H and O–H groups in total. The highest BCUT2D eigenvalue weighted by molar-refractivity contribution is 5.44. The van der Waals surface area contributed by atoms with Crippen molar-refractivity contribution in [1.29, 1.82) is 0 Å². The Morgan fingerprint density at radius 3 is 2.32 bits per heavy atom. The van der Waals surface area contributed by atoms with Crippen molar-refractivity contribution < 1.29 is 9.47 Å². The van der Waals surface area contributed by atoms with Crippen LogP contribution in [0.4, 0.5) is 0 Å². The van der Waals surface area contributed by atoms with Gasteiger partial charge in [0.05, 0.1) is 0 Å². The monoisotopic (exact) mass is 383 g/mol. The van der Waals surface area contributed by atoms with E-state index in [1.807, 2.05) is 6.07 Å². The maximum Gasteiger partial charge on any atom is 0.231 e. The van der Waals surface area contributed by atoms with E-state index in [0.717, 1.165) is 50.4 Å². The summed E-state index contributed by atoms with van der Waals surface area (Å²) in [5.74, 6) is 1.72. The maximum atomic E-state index is 5.49. The van der Waals surface area contributed by atoms with Gasteiger partial charge in [0.25, 0.3) is 0 Å². The number of nitrogens with zero attached hydrogens (tertiary/aromatic N) is 1. The molecule has 1 aliphatic heterocycles. The summed E-state index contributed by atoms with van der Waals surface area (Å²) in [7, 11) is 0. The Hall–Kier alpha value is -2.00. The van der Waals surface area contributed by atoms with Crippen molar-refractivity contribution in [2.75, 3.05) is 19.9 Å². The van der Waals surface area contributed by atoms with Crippen molar-refractivity contribution >= 4 is 0 Å². The first-order valence-corrected chi connectivity index (χ1v) is 10.5. The van der Waals surface area contributed by atoms with Crippen molar-refractivity contribution in [3.05, 3.63) is 58.7 Å². The highest BCUT2D eigenvalue weighted by atomic mass is 16.7. The molecule has 0 aliphatic carbocycles. The largest absolute Gasteiger partial charge is 0.454 e. The van der Waals surface area contributed by atoms with E-state index in [9.17, 15) is 0 Å². The first kappa shape index (κ1) is 22.3. The molecule has 154 valence electrons. The number of benzene rings is 1. The van der Waals surface area contributed by atoms with Crippen LogP contribution in [-0.2, 0) is 6.54 Å². The third-order valence-electron chi connectivity index (χ3n) is 5.11. The van der Waals surface area contributed by atoms with Crippen LogP contribution in [0.1, 0.15) is 65.9 Å². The van der Waals surface area contributed by atoms with Gasteiger partial charge in [-0.15, -0.1) is 0 Å². The van der Waals surface area contributed by atoms with Crippen molar-refractivity contribution in [3.63, 3.8) is 0 Å². The van der Waals surface area contributed by atoms with Gasteiger partial charge in [0.2, 0.25) is 6.79 Å². The molecule has 0 radical (unpaired) electrons. The van der Waals surface area contributed by atoms with Gasteiger partial charge in [-0.3, -0.25) is 4.90 Å². The molecule has 1 aromatic rings. The first-order valence-electron chi connectivity index (χ1n) is 10.5. The van der Waals surface area contributed by atoms with E-state index >= 15 is 0 Å². The average Bonchev–Trinajstić information content (AvgIpc) is 3.12. The molecule has 1 aliphatic rings. The molecule has 0 bridgehead atoms. The topological polar surface area (TPSA) is 21.7 Å². The van der Waals surface area contributed by atoms with E-state index < -0.39 is 0 Å². The molecule has 0 fully saturated rings. The van der Waals surface area contributed by atoms with Gasteiger partial charge in [0, 0.05) is 13.1 Å². The van der Waals surface area contributed by atoms with Gasteiger partial charge in [0.1, 0.15) is 0 Å². The molecule has 2 rings (SSSR count). The van der Waals surface area contributed by atoms with Crippen LogP contribution in [0.25, 0.3) is 0 Å². The quantitative estimate of drug-likeness (QED) is 0.399. The normalized spacial score (nSPS) is 13.9. The Balaban J connectivity index is 1.76. The highest BCUT2D eigenvalue weighted by Gasteiger charge is 2.14. The Morgan fingerprint density at radius 2 is 1.61 bits per heavy atom. The third kappa shape index (κ3) is 7.93. The van der Waals surface area contributed by atoms with Crippen LogP contribution in [0.2, 0.25) is 0 Å². The summed E-state index contributed by atoms with van der Waals surface area (Å²) in [6, 6.07) is 6.25. The molecular formula is C25H37NO2. The number of hydrogen-bond donors (Lipinski definition) is 0. The molecule has 0 spiro atoms. The lowest BCUT2D eigenvalue weighted by molar-refractivity contribution is 0.174. The van der Waals surface area contributed by atoms with Crippen molar-refractivity contribution in [2.45, 2.75) is 66.8 Å². The van der Waals surface area contributed by atoms with E-state index in [0.29, 0.717) is 6.79 Å². The molecule has 1 aromatic carbocycles. The highest BCUT2D eigenvalue weighted by Crippen LogP contribution is 2.32. The third-order valence-corrected chi connectivity index (χ3v) is 5.11. The Labute approximate surface area is 171 Å². The predicted molar refractivity (Wildman–Crippen MR) is 119 cm³/mol. The van der Waals surface area contributed by atoms with Gasteiger partial charge in [-0.2, -0.15) is 0 Å². The lowest BCUT2D eigenvalue weighted by Crippen LogP contribution is -2.23. The maximum absolute atomic E-state index is 5.49. The van der Waals surface area contributed by atoms with Gasteiger partial charge in [0.15, 0.2) is 11.5 Å². The summed E-state index contributed by atoms with van der Waals surface area (Å²) < 4.78 is 10.9. The van der Waals surface area contributed by atoms with Gasteiger partial charge < -0.3 is 9.47 Å². The smallest absolute Gasteiger partial charge is 0.231 e. The van der Waals surface area contributed by atoms with Crippen LogP contribution in [0.15, 0.2) is 53.1 Å². The molecule has 0 aromatic heterocycles. The van der Waals surface area contributed by atoms with E-state index in [2.05, 4.69) is 69.9 Å². The zero-order valence-electron chi connectivity index (χ0n) is 18.4. The number of rotatable bonds is 11. The molecule has 3 nitrogen and oxygen atoms in total. The summed E-state index contributed by atoms with van der Waals surface area (Å²) in [5, 5.41) is 0. The number of allylic oxidation sites excluding steroid dienone is 5. The molecule has 0 atom stereocenters. The van der Waals surface area contributed by atoms with Gasteiger partial charge in [-0.25, -0.2) is 0 Å². The summed E-state index contributed by atoms with van der Waals surface area (Å²) >= 11 is 0. The average molecular weight is 384 g/mol. The zero-order chi connectivity index (χ0) is 20.4. The van der Waals surface area contributed by atoms with Crippen LogP contribution in [0.3, 0.4) is 0 Å². The molecular weight excluding hydrogens is 346 g/mol. The fourth-order valence-electron chi connectivity index (χ4n) is 3.23. The Kier molecular flexibility index (Phi) is 9.36. The number of fused-ring (bicyclic) bond motifs is 1. The second-order valence-corrected chi connectivity index (χ2v) is 7.98. The van der Waals surface area contributed by atoms with E-state index in [4.69, 9.17) is 9.47 Å². The summed E-state index contributed by atoms with van der Waals surface area (Å²) in [6.07, 6.45) is 11.7. The predicted octanol–water partition coefficient (Wildman–Crippen LogP) is 6.66. The zero-order valence-corrected chi connectivity index (χ0v) is 18.4. The summed E-state index contributed by atoms with van der Waals surface area (Å²) in [6.45, 7) is 14.3. The first-order chi connectivity index (χ1) is 13.5. The second kappa shape index (κ2) is 11.8. The van der Waals surface area contributed by atoms with E-state index in [1.54, 1.807) is 0 Å². The van der Waals surface area contributed by atoms with Gasteiger partial charge >= 0.3 is 0 Å². The van der Waals surface area contributed by atoms with E-state index in [-0.39, 0.29) is 0 Å². The van der Waals surface area contributed by atoms with E-state index in [1.165, 1.54) is 28.7 Å². The molecule has 1 heterocycles. The minimum absolute atomic E-state index is 0.334. The van der Waals surface area contributed by atoms with Crippen molar-refractivity contribution in [2.24, 2.45) is 0 Å². The molecule has 0 saturated heterocycles. The summed E-state index contributed by atoms with van der Waals surface area (Å²) in [5.41, 5.74) is 5.65. The van der Waals surface area contributed by atoms with Crippen LogP contribution in [0, 0.1) is 0 Å². The lowest BCUT2D eigenvalue weighted by atomic mass is 10.1. The van der Waals surface area contributed by atoms with Crippen molar-refractivity contribution in [1.82, 2.24) is 4.90 Å². The van der Waals surface area contributed by atoms with Gasteiger partial charge in [-0.1, -0.05) is 47.9 Å². The minimum atomic E-state index is 0.334. The Morgan fingerprint density at radius 1 is 0.929 bits per heavy atom.